The summed E-state index contributed by atoms with van der Waals surface area (Å²) in [5.41, 5.74) is 5.20. The van der Waals surface area contributed by atoms with Gasteiger partial charge in [0, 0.05) is 57.9 Å². The van der Waals surface area contributed by atoms with Crippen LogP contribution in [0.15, 0.2) is 77.7 Å². The normalized spacial score (nSPS) is 19.2. The van der Waals surface area contributed by atoms with Crippen LogP contribution in [0.3, 0.4) is 0 Å². The summed E-state index contributed by atoms with van der Waals surface area (Å²) in [6.45, 7) is 11.1. The van der Waals surface area contributed by atoms with Gasteiger partial charge >= 0.3 is 0 Å². The van der Waals surface area contributed by atoms with Crippen molar-refractivity contribution in [1.29, 1.82) is 0 Å². The van der Waals surface area contributed by atoms with Crippen LogP contribution in [0.1, 0.15) is 52.4 Å². The lowest BCUT2D eigenvalue weighted by molar-refractivity contribution is 0.0951. The van der Waals surface area contributed by atoms with Crippen LogP contribution in [-0.2, 0) is 29.7 Å². The second kappa shape index (κ2) is 13.3. The zero-order chi connectivity index (χ0) is 28.8. The molecule has 1 unspecified atom stereocenters. The van der Waals surface area contributed by atoms with Crippen LogP contribution in [0.4, 0.5) is 0 Å². The number of benzene rings is 3. The average molecular weight is 575 g/mol. The third-order valence-electron chi connectivity index (χ3n) is 8.24. The largest absolute Gasteiger partial charge is 0.348 e. The van der Waals surface area contributed by atoms with Gasteiger partial charge in [0.2, 0.25) is 10.0 Å². The number of rotatable bonds is 9. The first kappa shape index (κ1) is 29.5. The highest BCUT2D eigenvalue weighted by Crippen LogP contribution is 2.20. The monoisotopic (exact) mass is 574 g/mol. The van der Waals surface area contributed by atoms with Gasteiger partial charge in [0.1, 0.15) is 0 Å². The first-order valence-electron chi connectivity index (χ1n) is 14.7. The zero-order valence-corrected chi connectivity index (χ0v) is 25.1. The van der Waals surface area contributed by atoms with Crippen LogP contribution in [0, 0.1) is 12.8 Å². The molecule has 1 atom stereocenters. The maximum atomic E-state index is 13.0. The summed E-state index contributed by atoms with van der Waals surface area (Å²) in [4.78, 5) is 17.9. The Hall–Kier alpha value is -3.04. The first-order valence-corrected chi connectivity index (χ1v) is 16.2. The number of carbonyl (C=O) groups is 1. The molecule has 41 heavy (non-hydrogen) atoms. The Bertz CT molecular complexity index is 1400. The second-order valence-electron chi connectivity index (χ2n) is 11.7. The molecule has 2 aliphatic heterocycles. The molecule has 3 aromatic rings. The Morgan fingerprint density at radius 1 is 0.780 bits per heavy atom. The van der Waals surface area contributed by atoms with Gasteiger partial charge in [-0.2, -0.15) is 4.31 Å². The van der Waals surface area contributed by atoms with Gasteiger partial charge in [-0.3, -0.25) is 14.6 Å². The van der Waals surface area contributed by atoms with Gasteiger partial charge in [-0.25, -0.2) is 8.42 Å². The van der Waals surface area contributed by atoms with E-state index in [1.54, 1.807) is 16.4 Å². The molecular formula is C33H42N4O3S. The molecule has 8 heteroatoms. The maximum absolute atomic E-state index is 13.0. The minimum absolute atomic E-state index is 0.0853. The molecule has 0 aromatic heterocycles. The highest BCUT2D eigenvalue weighted by Gasteiger charge is 2.28. The summed E-state index contributed by atoms with van der Waals surface area (Å²) in [6, 6.07) is 23.3. The molecule has 1 amide bonds. The van der Waals surface area contributed by atoms with Gasteiger partial charge in [-0.15, -0.1) is 0 Å². The van der Waals surface area contributed by atoms with E-state index in [1.165, 1.54) is 31.5 Å². The molecule has 0 spiro atoms. The summed E-state index contributed by atoms with van der Waals surface area (Å²) in [6.07, 6.45) is 2.61. The van der Waals surface area contributed by atoms with Crippen molar-refractivity contribution in [3.63, 3.8) is 0 Å². The number of hydrogen-bond acceptors (Lipinski definition) is 5. The van der Waals surface area contributed by atoms with Crippen LogP contribution in [0.2, 0.25) is 0 Å². The third kappa shape index (κ3) is 7.83. The number of piperidine rings is 1. The lowest BCUT2D eigenvalue weighted by atomic mass is 9.99. The van der Waals surface area contributed by atoms with Gasteiger partial charge in [0.15, 0.2) is 0 Å². The van der Waals surface area contributed by atoms with Crippen molar-refractivity contribution < 1.29 is 13.2 Å². The fourth-order valence-electron chi connectivity index (χ4n) is 5.74. The molecule has 2 heterocycles. The van der Waals surface area contributed by atoms with Gasteiger partial charge in [-0.1, -0.05) is 61.0 Å². The predicted octanol–water partition coefficient (Wildman–Crippen LogP) is 4.66. The zero-order valence-electron chi connectivity index (χ0n) is 24.3. The number of piperazine rings is 1. The third-order valence-corrected chi connectivity index (χ3v) is 10.1. The number of likely N-dealkylation sites (tertiary alicyclic amines) is 1. The Kier molecular flexibility index (Phi) is 9.55. The number of hydrogen-bond donors (Lipinski definition) is 1. The highest BCUT2D eigenvalue weighted by atomic mass is 32.2. The molecule has 0 aliphatic carbocycles. The van der Waals surface area contributed by atoms with Crippen LogP contribution in [0.25, 0.3) is 0 Å². The van der Waals surface area contributed by atoms with E-state index in [-0.39, 0.29) is 5.91 Å². The Balaban J connectivity index is 1.06. The Labute approximate surface area is 245 Å². The molecule has 218 valence electrons. The molecule has 7 nitrogen and oxygen atoms in total. The standard InChI is InChI=1S/C33H42N4O3S/c1-26-5-15-32(16-6-26)41(39,40)37-20-18-35(19-21-37)24-30-11-13-31(14-12-30)33(38)34-22-28-7-9-29(10-8-28)25-36-17-3-4-27(2)23-36/h5-16,27H,3-4,17-25H2,1-2H3,(H,34,38). The van der Waals surface area contributed by atoms with Crippen molar-refractivity contribution in [2.45, 2.75) is 51.2 Å². The smallest absolute Gasteiger partial charge is 0.251 e. The summed E-state index contributed by atoms with van der Waals surface area (Å²) in [5, 5.41) is 3.04. The Morgan fingerprint density at radius 3 is 2.00 bits per heavy atom. The van der Waals surface area contributed by atoms with E-state index < -0.39 is 10.0 Å². The van der Waals surface area contributed by atoms with Crippen LogP contribution >= 0.6 is 0 Å². The fraction of sp³-hybridized carbons (Fsp3) is 0.424. The summed E-state index contributed by atoms with van der Waals surface area (Å²) in [7, 11) is -3.47. The highest BCUT2D eigenvalue weighted by molar-refractivity contribution is 7.89. The molecular weight excluding hydrogens is 532 g/mol. The minimum atomic E-state index is -3.47. The van der Waals surface area contributed by atoms with Crippen molar-refractivity contribution in [3.8, 4) is 0 Å². The van der Waals surface area contributed by atoms with E-state index >= 15 is 0 Å². The summed E-state index contributed by atoms with van der Waals surface area (Å²) in [5.74, 6) is 0.691. The van der Waals surface area contributed by atoms with Crippen LogP contribution < -0.4 is 5.32 Å². The quantitative estimate of drug-likeness (QED) is 0.403. The average Bonchev–Trinajstić information content (AvgIpc) is 2.98. The van der Waals surface area contributed by atoms with Crippen molar-refractivity contribution >= 4 is 15.9 Å². The molecule has 0 bridgehead atoms. The van der Waals surface area contributed by atoms with E-state index in [2.05, 4.69) is 46.3 Å². The minimum Gasteiger partial charge on any atom is -0.348 e. The van der Waals surface area contributed by atoms with Gasteiger partial charge < -0.3 is 5.32 Å². The van der Waals surface area contributed by atoms with Gasteiger partial charge in [0.25, 0.3) is 5.91 Å². The van der Waals surface area contributed by atoms with Crippen molar-refractivity contribution in [1.82, 2.24) is 19.4 Å². The molecule has 0 radical (unpaired) electrons. The predicted molar refractivity (Wildman–Crippen MR) is 163 cm³/mol. The van der Waals surface area contributed by atoms with Crippen LogP contribution in [0.5, 0.6) is 0 Å². The molecule has 5 rings (SSSR count). The van der Waals surface area contributed by atoms with Gasteiger partial charge in [0.05, 0.1) is 4.90 Å². The molecule has 2 aliphatic rings. The lowest BCUT2D eigenvalue weighted by Gasteiger charge is -2.34. The number of aryl methyl sites for hydroxylation is 1. The SMILES string of the molecule is Cc1ccc(S(=O)(=O)N2CCN(Cc3ccc(C(=O)NCc4ccc(CN5CCCC(C)C5)cc4)cc3)CC2)cc1. The lowest BCUT2D eigenvalue weighted by Crippen LogP contribution is -2.48. The van der Waals surface area contributed by atoms with Crippen molar-refractivity contribution in [3.05, 3.63) is 101 Å². The molecule has 3 aromatic carbocycles. The molecule has 0 saturated carbocycles. The van der Waals surface area contributed by atoms with E-state index in [1.807, 2.05) is 43.3 Å². The van der Waals surface area contributed by atoms with E-state index in [4.69, 9.17) is 0 Å². The summed E-state index contributed by atoms with van der Waals surface area (Å²) >= 11 is 0. The number of sulfonamides is 1. The molecule has 2 fully saturated rings. The second-order valence-corrected chi connectivity index (χ2v) is 13.6. The fourth-order valence-corrected chi connectivity index (χ4v) is 7.16. The number of carbonyl (C=O) groups excluding carboxylic acids is 1. The van der Waals surface area contributed by atoms with Crippen LogP contribution in [-0.4, -0.2) is 67.7 Å². The first-order chi connectivity index (χ1) is 19.8. The van der Waals surface area contributed by atoms with Crippen molar-refractivity contribution in [2.75, 3.05) is 39.3 Å². The number of nitrogens with zero attached hydrogens (tertiary/aromatic N) is 3. The van der Waals surface area contributed by atoms with E-state index in [9.17, 15) is 13.2 Å². The van der Waals surface area contributed by atoms with E-state index in [0.717, 1.165) is 35.7 Å². The van der Waals surface area contributed by atoms with Crippen molar-refractivity contribution in [2.24, 2.45) is 5.92 Å². The maximum Gasteiger partial charge on any atom is 0.251 e. The topological polar surface area (TPSA) is 73.0 Å². The Morgan fingerprint density at radius 2 is 1.37 bits per heavy atom. The molecule has 2 saturated heterocycles. The van der Waals surface area contributed by atoms with Gasteiger partial charge in [-0.05, 0) is 73.2 Å². The molecule has 1 N–H and O–H groups in total. The number of amides is 1. The van der Waals surface area contributed by atoms with E-state index in [0.29, 0.717) is 43.2 Å². The summed E-state index contributed by atoms with van der Waals surface area (Å²) < 4.78 is 27.5. The number of nitrogens with one attached hydrogen (secondary N) is 1.